The first-order valence-corrected chi connectivity index (χ1v) is 5.10. The van der Waals surface area contributed by atoms with E-state index < -0.39 is 11.9 Å². The number of aromatic nitrogens is 1. The largest absolute Gasteiger partial charge is 0.384 e. The molecule has 0 saturated carbocycles. The SMILES string of the molecule is OC(c1ccccc1)c1cc(F)cnc1Cl. The van der Waals surface area contributed by atoms with Crippen LogP contribution in [0.4, 0.5) is 4.39 Å². The van der Waals surface area contributed by atoms with Crippen molar-refractivity contribution in [2.45, 2.75) is 6.10 Å². The van der Waals surface area contributed by atoms with Crippen molar-refractivity contribution >= 4 is 11.6 Å². The number of aliphatic hydroxyl groups is 1. The summed E-state index contributed by atoms with van der Waals surface area (Å²) in [6, 6.07) is 10.1. The van der Waals surface area contributed by atoms with E-state index >= 15 is 0 Å². The minimum atomic E-state index is -0.961. The fourth-order valence-electron chi connectivity index (χ4n) is 1.44. The molecule has 0 aliphatic rings. The van der Waals surface area contributed by atoms with Crippen LogP contribution in [-0.4, -0.2) is 10.1 Å². The lowest BCUT2D eigenvalue weighted by Crippen LogP contribution is -2.02. The van der Waals surface area contributed by atoms with Gasteiger partial charge in [0, 0.05) is 5.56 Å². The first-order chi connectivity index (χ1) is 7.68. The van der Waals surface area contributed by atoms with Gasteiger partial charge in [-0.3, -0.25) is 0 Å². The Labute approximate surface area is 97.3 Å². The van der Waals surface area contributed by atoms with Crippen LogP contribution in [0, 0.1) is 5.82 Å². The van der Waals surface area contributed by atoms with Crippen LogP contribution in [0.2, 0.25) is 5.15 Å². The van der Waals surface area contributed by atoms with Gasteiger partial charge in [0.2, 0.25) is 0 Å². The molecule has 2 aromatic rings. The van der Waals surface area contributed by atoms with Gasteiger partial charge in [0.25, 0.3) is 0 Å². The molecule has 1 heterocycles. The van der Waals surface area contributed by atoms with Crippen LogP contribution in [0.5, 0.6) is 0 Å². The van der Waals surface area contributed by atoms with Crippen LogP contribution in [0.1, 0.15) is 17.2 Å². The maximum Gasteiger partial charge on any atom is 0.141 e. The number of benzene rings is 1. The van der Waals surface area contributed by atoms with E-state index in [1.165, 1.54) is 6.07 Å². The van der Waals surface area contributed by atoms with E-state index in [1.54, 1.807) is 24.3 Å². The van der Waals surface area contributed by atoms with Gasteiger partial charge < -0.3 is 5.11 Å². The number of aliphatic hydroxyl groups excluding tert-OH is 1. The van der Waals surface area contributed by atoms with E-state index in [1.807, 2.05) is 6.07 Å². The molecule has 2 rings (SSSR count). The zero-order valence-electron chi connectivity index (χ0n) is 8.27. The average molecular weight is 238 g/mol. The lowest BCUT2D eigenvalue weighted by Gasteiger charge is -2.12. The van der Waals surface area contributed by atoms with Gasteiger partial charge in [-0.15, -0.1) is 0 Å². The molecule has 0 aliphatic heterocycles. The average Bonchev–Trinajstić information content (AvgIpc) is 2.32. The Balaban J connectivity index is 2.41. The van der Waals surface area contributed by atoms with Crippen molar-refractivity contribution in [1.29, 1.82) is 0 Å². The molecule has 1 aromatic carbocycles. The summed E-state index contributed by atoms with van der Waals surface area (Å²) >= 11 is 5.80. The second kappa shape index (κ2) is 4.60. The summed E-state index contributed by atoms with van der Waals surface area (Å²) in [5, 5.41) is 10.1. The van der Waals surface area contributed by atoms with E-state index in [9.17, 15) is 9.50 Å². The fraction of sp³-hybridized carbons (Fsp3) is 0.0833. The van der Waals surface area contributed by atoms with Crippen molar-refractivity contribution in [3.8, 4) is 0 Å². The van der Waals surface area contributed by atoms with Crippen LogP contribution < -0.4 is 0 Å². The minimum Gasteiger partial charge on any atom is -0.384 e. The quantitative estimate of drug-likeness (QED) is 0.815. The molecule has 0 aliphatic carbocycles. The molecular weight excluding hydrogens is 229 g/mol. The fourth-order valence-corrected chi connectivity index (χ4v) is 1.65. The highest BCUT2D eigenvalue weighted by Gasteiger charge is 2.15. The molecule has 1 aromatic heterocycles. The van der Waals surface area contributed by atoms with Gasteiger partial charge in [0.1, 0.15) is 17.1 Å². The van der Waals surface area contributed by atoms with Crippen molar-refractivity contribution in [2.24, 2.45) is 0 Å². The predicted molar refractivity (Wildman–Crippen MR) is 59.7 cm³/mol. The zero-order chi connectivity index (χ0) is 11.5. The number of rotatable bonds is 2. The molecule has 0 spiro atoms. The van der Waals surface area contributed by atoms with Crippen molar-refractivity contribution in [2.75, 3.05) is 0 Å². The first-order valence-electron chi connectivity index (χ1n) is 4.72. The lowest BCUT2D eigenvalue weighted by atomic mass is 10.0. The lowest BCUT2D eigenvalue weighted by molar-refractivity contribution is 0.219. The van der Waals surface area contributed by atoms with Crippen LogP contribution in [0.3, 0.4) is 0 Å². The van der Waals surface area contributed by atoms with Crippen molar-refractivity contribution in [3.05, 3.63) is 64.7 Å². The summed E-state index contributed by atoms with van der Waals surface area (Å²) in [4.78, 5) is 3.66. The number of hydrogen-bond acceptors (Lipinski definition) is 2. The zero-order valence-corrected chi connectivity index (χ0v) is 9.03. The third kappa shape index (κ3) is 2.21. The Kier molecular flexibility index (Phi) is 3.17. The Morgan fingerprint density at radius 3 is 2.62 bits per heavy atom. The van der Waals surface area contributed by atoms with Crippen LogP contribution in [0.15, 0.2) is 42.6 Å². The molecular formula is C12H9ClFNO. The smallest absolute Gasteiger partial charge is 0.141 e. The van der Waals surface area contributed by atoms with E-state index in [0.717, 1.165) is 6.20 Å². The molecule has 2 nitrogen and oxygen atoms in total. The standard InChI is InChI=1S/C12H9ClFNO/c13-12-10(6-9(14)7-15-12)11(16)8-4-2-1-3-5-8/h1-7,11,16H. The highest BCUT2D eigenvalue weighted by molar-refractivity contribution is 6.30. The number of pyridine rings is 1. The summed E-state index contributed by atoms with van der Waals surface area (Å²) in [6.07, 6.45) is 0.0562. The highest BCUT2D eigenvalue weighted by atomic mass is 35.5. The van der Waals surface area contributed by atoms with Crippen molar-refractivity contribution in [3.63, 3.8) is 0 Å². The first kappa shape index (κ1) is 11.0. The van der Waals surface area contributed by atoms with Crippen LogP contribution in [0.25, 0.3) is 0 Å². The maximum absolute atomic E-state index is 13.0. The van der Waals surface area contributed by atoms with Gasteiger partial charge in [0.05, 0.1) is 6.20 Å². The maximum atomic E-state index is 13.0. The molecule has 0 radical (unpaired) electrons. The summed E-state index contributed by atoms with van der Waals surface area (Å²) < 4.78 is 13.0. The van der Waals surface area contributed by atoms with Gasteiger partial charge in [0.15, 0.2) is 0 Å². The minimum absolute atomic E-state index is 0.109. The van der Waals surface area contributed by atoms with Crippen LogP contribution >= 0.6 is 11.6 Å². The Morgan fingerprint density at radius 2 is 1.94 bits per heavy atom. The summed E-state index contributed by atoms with van der Waals surface area (Å²) in [7, 11) is 0. The number of nitrogens with zero attached hydrogens (tertiary/aromatic N) is 1. The summed E-state index contributed by atoms with van der Waals surface area (Å²) in [5.41, 5.74) is 0.921. The number of halogens is 2. The molecule has 1 atom stereocenters. The van der Waals surface area contributed by atoms with Crippen molar-refractivity contribution in [1.82, 2.24) is 4.98 Å². The molecule has 0 bridgehead atoms. The van der Waals surface area contributed by atoms with Gasteiger partial charge in [-0.25, -0.2) is 9.37 Å². The molecule has 1 unspecified atom stereocenters. The summed E-state index contributed by atoms with van der Waals surface area (Å²) in [6.45, 7) is 0. The molecule has 1 N–H and O–H groups in total. The summed E-state index contributed by atoms with van der Waals surface area (Å²) in [5.74, 6) is -0.519. The Morgan fingerprint density at radius 1 is 1.25 bits per heavy atom. The highest BCUT2D eigenvalue weighted by Crippen LogP contribution is 2.26. The third-order valence-corrected chi connectivity index (χ3v) is 2.56. The third-order valence-electron chi connectivity index (χ3n) is 2.24. The second-order valence-electron chi connectivity index (χ2n) is 3.35. The predicted octanol–water partition coefficient (Wildman–Crippen LogP) is 2.96. The van der Waals surface area contributed by atoms with Gasteiger partial charge in [-0.05, 0) is 11.6 Å². The normalized spacial score (nSPS) is 12.4. The Bertz CT molecular complexity index is 490. The number of hydrogen-bond donors (Lipinski definition) is 1. The molecule has 4 heteroatoms. The Hall–Kier alpha value is -1.45. The topological polar surface area (TPSA) is 33.1 Å². The molecule has 0 fully saturated rings. The monoisotopic (exact) mass is 237 g/mol. The van der Waals surface area contributed by atoms with E-state index in [-0.39, 0.29) is 10.7 Å². The van der Waals surface area contributed by atoms with Gasteiger partial charge in [-0.1, -0.05) is 41.9 Å². The van der Waals surface area contributed by atoms with Crippen LogP contribution in [-0.2, 0) is 0 Å². The van der Waals surface area contributed by atoms with Gasteiger partial charge in [-0.2, -0.15) is 0 Å². The molecule has 82 valence electrons. The second-order valence-corrected chi connectivity index (χ2v) is 3.70. The molecule has 0 amide bonds. The van der Waals surface area contributed by atoms with Crippen molar-refractivity contribution < 1.29 is 9.50 Å². The van der Waals surface area contributed by atoms with E-state index in [0.29, 0.717) is 5.56 Å². The van der Waals surface area contributed by atoms with E-state index in [4.69, 9.17) is 11.6 Å². The molecule has 0 saturated heterocycles. The van der Waals surface area contributed by atoms with E-state index in [2.05, 4.69) is 4.98 Å². The van der Waals surface area contributed by atoms with Gasteiger partial charge >= 0.3 is 0 Å². The molecule has 16 heavy (non-hydrogen) atoms.